The van der Waals surface area contributed by atoms with Crippen LogP contribution in [-0.2, 0) is 11.2 Å². The monoisotopic (exact) mass is 314 g/mol. The van der Waals surface area contributed by atoms with Gasteiger partial charge in [-0.05, 0) is 50.6 Å². The zero-order valence-electron chi connectivity index (χ0n) is 11.7. The van der Waals surface area contributed by atoms with E-state index >= 15 is 0 Å². The van der Waals surface area contributed by atoms with Gasteiger partial charge < -0.3 is 10.2 Å². The minimum atomic E-state index is 0.165. The maximum absolute atomic E-state index is 12.5. The molecule has 1 aromatic carbocycles. The second-order valence-corrected chi connectivity index (χ2v) is 5.90. The first-order valence-electron chi connectivity index (χ1n) is 7.06. The quantitative estimate of drug-likeness (QED) is 0.926. The maximum atomic E-state index is 12.5. The summed E-state index contributed by atoms with van der Waals surface area (Å²) in [5, 5.41) is 4.35. The molecule has 0 radical (unpaired) electrons. The summed E-state index contributed by atoms with van der Waals surface area (Å²) in [4.78, 5) is 14.5. The average Bonchev–Trinajstić information content (AvgIpc) is 2.45. The summed E-state index contributed by atoms with van der Waals surface area (Å²) in [7, 11) is 0. The molecule has 0 aliphatic carbocycles. The molecule has 20 heavy (non-hydrogen) atoms. The number of carbonyl (C=O) groups excluding carboxylic acids is 1. The van der Waals surface area contributed by atoms with Crippen molar-refractivity contribution in [3.63, 3.8) is 0 Å². The Kier molecular flexibility index (Phi) is 5.70. The van der Waals surface area contributed by atoms with Crippen molar-refractivity contribution >= 4 is 29.1 Å². The van der Waals surface area contributed by atoms with Gasteiger partial charge in [-0.2, -0.15) is 0 Å². The van der Waals surface area contributed by atoms with Gasteiger partial charge in [-0.1, -0.05) is 29.3 Å². The van der Waals surface area contributed by atoms with Crippen LogP contribution in [0.15, 0.2) is 18.2 Å². The van der Waals surface area contributed by atoms with E-state index in [1.54, 1.807) is 12.1 Å². The molecule has 1 amide bonds. The fourth-order valence-electron chi connectivity index (χ4n) is 2.68. The average molecular weight is 315 g/mol. The molecule has 1 fully saturated rings. The number of carbonyl (C=O) groups is 1. The van der Waals surface area contributed by atoms with Crippen LogP contribution in [-0.4, -0.2) is 36.5 Å². The van der Waals surface area contributed by atoms with Crippen molar-refractivity contribution in [2.75, 3.05) is 19.6 Å². The fraction of sp³-hybridized carbons (Fsp3) is 0.533. The SMILES string of the molecule is CCN(C(=O)Cc1ccc(Cl)c(Cl)c1)C1CCNCC1. The van der Waals surface area contributed by atoms with E-state index in [0.29, 0.717) is 22.5 Å². The molecule has 0 saturated carbocycles. The number of halogens is 2. The zero-order chi connectivity index (χ0) is 14.5. The Bertz CT molecular complexity index is 473. The van der Waals surface area contributed by atoms with E-state index < -0.39 is 0 Å². The van der Waals surface area contributed by atoms with E-state index in [1.807, 2.05) is 17.9 Å². The summed E-state index contributed by atoms with van der Waals surface area (Å²) in [6.07, 6.45) is 2.44. The standard InChI is InChI=1S/C15H20Cl2N2O/c1-2-19(12-5-7-18-8-6-12)15(20)10-11-3-4-13(16)14(17)9-11/h3-4,9,12,18H,2,5-8,10H2,1H3. The minimum absolute atomic E-state index is 0.165. The fourth-order valence-corrected chi connectivity index (χ4v) is 3.00. The highest BCUT2D eigenvalue weighted by atomic mass is 35.5. The summed E-state index contributed by atoms with van der Waals surface area (Å²) in [5.74, 6) is 0.165. The van der Waals surface area contributed by atoms with Crippen LogP contribution in [0.25, 0.3) is 0 Å². The van der Waals surface area contributed by atoms with Crippen LogP contribution in [0.3, 0.4) is 0 Å². The van der Waals surface area contributed by atoms with E-state index in [9.17, 15) is 4.79 Å². The number of rotatable bonds is 4. The number of nitrogens with one attached hydrogen (secondary N) is 1. The Balaban J connectivity index is 2.02. The lowest BCUT2D eigenvalue weighted by Gasteiger charge is -2.34. The first-order valence-corrected chi connectivity index (χ1v) is 7.81. The molecule has 2 rings (SSSR count). The van der Waals surface area contributed by atoms with Gasteiger partial charge in [0.05, 0.1) is 16.5 Å². The van der Waals surface area contributed by atoms with E-state index in [0.717, 1.165) is 38.0 Å². The van der Waals surface area contributed by atoms with Gasteiger partial charge >= 0.3 is 0 Å². The second kappa shape index (κ2) is 7.30. The number of piperidine rings is 1. The largest absolute Gasteiger partial charge is 0.340 e. The molecule has 0 unspecified atom stereocenters. The highest BCUT2D eigenvalue weighted by Gasteiger charge is 2.23. The number of likely N-dealkylation sites (N-methyl/N-ethyl adjacent to an activating group) is 1. The summed E-state index contributed by atoms with van der Waals surface area (Å²) in [5.41, 5.74) is 0.914. The lowest BCUT2D eigenvalue weighted by molar-refractivity contribution is -0.133. The van der Waals surface area contributed by atoms with Crippen molar-refractivity contribution in [2.24, 2.45) is 0 Å². The Morgan fingerprint density at radius 1 is 1.30 bits per heavy atom. The van der Waals surface area contributed by atoms with Gasteiger partial charge in [0.1, 0.15) is 0 Å². The number of benzene rings is 1. The van der Waals surface area contributed by atoms with Crippen LogP contribution < -0.4 is 5.32 Å². The topological polar surface area (TPSA) is 32.3 Å². The third-order valence-corrected chi connectivity index (χ3v) is 4.49. The summed E-state index contributed by atoms with van der Waals surface area (Å²) in [6.45, 7) is 4.77. The van der Waals surface area contributed by atoms with Crippen LogP contribution in [0.2, 0.25) is 10.0 Å². The van der Waals surface area contributed by atoms with Gasteiger partial charge in [0, 0.05) is 12.6 Å². The second-order valence-electron chi connectivity index (χ2n) is 5.09. The van der Waals surface area contributed by atoms with Gasteiger partial charge in [-0.3, -0.25) is 4.79 Å². The van der Waals surface area contributed by atoms with Crippen LogP contribution >= 0.6 is 23.2 Å². The molecule has 0 aromatic heterocycles. The van der Waals surface area contributed by atoms with Gasteiger partial charge in [-0.25, -0.2) is 0 Å². The Morgan fingerprint density at radius 3 is 2.60 bits per heavy atom. The molecule has 1 aromatic rings. The van der Waals surface area contributed by atoms with Crippen molar-refractivity contribution in [1.29, 1.82) is 0 Å². The number of nitrogens with zero attached hydrogens (tertiary/aromatic N) is 1. The van der Waals surface area contributed by atoms with Crippen molar-refractivity contribution < 1.29 is 4.79 Å². The molecule has 3 nitrogen and oxygen atoms in total. The summed E-state index contributed by atoms with van der Waals surface area (Å²) < 4.78 is 0. The van der Waals surface area contributed by atoms with Gasteiger partial charge in [0.25, 0.3) is 0 Å². The molecular weight excluding hydrogens is 295 g/mol. The zero-order valence-corrected chi connectivity index (χ0v) is 13.2. The number of hydrogen-bond donors (Lipinski definition) is 1. The summed E-state index contributed by atoms with van der Waals surface area (Å²) in [6, 6.07) is 5.74. The molecule has 1 aliphatic rings. The molecular formula is C15H20Cl2N2O. The Labute approximate surface area is 130 Å². The molecule has 0 spiro atoms. The van der Waals surface area contributed by atoms with Crippen molar-refractivity contribution in [3.8, 4) is 0 Å². The van der Waals surface area contributed by atoms with E-state index in [4.69, 9.17) is 23.2 Å². The molecule has 0 atom stereocenters. The molecule has 0 bridgehead atoms. The lowest BCUT2D eigenvalue weighted by Crippen LogP contribution is -2.46. The van der Waals surface area contributed by atoms with Gasteiger partial charge in [0.15, 0.2) is 0 Å². The molecule has 110 valence electrons. The Morgan fingerprint density at radius 2 is 2.00 bits per heavy atom. The van der Waals surface area contributed by atoms with E-state index in [-0.39, 0.29) is 5.91 Å². The first-order chi connectivity index (χ1) is 9.61. The summed E-state index contributed by atoms with van der Waals surface area (Å²) >= 11 is 11.9. The first kappa shape index (κ1) is 15.6. The van der Waals surface area contributed by atoms with Crippen LogP contribution in [0.4, 0.5) is 0 Å². The van der Waals surface area contributed by atoms with Crippen LogP contribution in [0.5, 0.6) is 0 Å². The normalized spacial score (nSPS) is 16.1. The predicted molar refractivity (Wildman–Crippen MR) is 83.4 cm³/mol. The van der Waals surface area contributed by atoms with E-state index in [1.165, 1.54) is 0 Å². The third-order valence-electron chi connectivity index (χ3n) is 3.75. The van der Waals surface area contributed by atoms with Crippen LogP contribution in [0.1, 0.15) is 25.3 Å². The minimum Gasteiger partial charge on any atom is -0.340 e. The third kappa shape index (κ3) is 3.87. The highest BCUT2D eigenvalue weighted by molar-refractivity contribution is 6.42. The molecule has 1 saturated heterocycles. The predicted octanol–water partition coefficient (Wildman–Crippen LogP) is 3.14. The number of hydrogen-bond acceptors (Lipinski definition) is 2. The van der Waals surface area contributed by atoms with Crippen molar-refractivity contribution in [3.05, 3.63) is 33.8 Å². The Hall–Kier alpha value is -0.770. The molecule has 1 aliphatic heterocycles. The highest BCUT2D eigenvalue weighted by Crippen LogP contribution is 2.23. The molecule has 1 N–H and O–H groups in total. The van der Waals surface area contributed by atoms with Crippen LogP contribution in [0, 0.1) is 0 Å². The van der Waals surface area contributed by atoms with Crippen molar-refractivity contribution in [2.45, 2.75) is 32.2 Å². The maximum Gasteiger partial charge on any atom is 0.227 e. The molecule has 1 heterocycles. The lowest BCUT2D eigenvalue weighted by atomic mass is 10.0. The smallest absolute Gasteiger partial charge is 0.227 e. The van der Waals surface area contributed by atoms with Gasteiger partial charge in [-0.15, -0.1) is 0 Å². The van der Waals surface area contributed by atoms with Gasteiger partial charge in [0.2, 0.25) is 5.91 Å². The molecule has 5 heteroatoms. The number of amides is 1. The van der Waals surface area contributed by atoms with Crippen molar-refractivity contribution in [1.82, 2.24) is 10.2 Å². The van der Waals surface area contributed by atoms with E-state index in [2.05, 4.69) is 5.32 Å².